The van der Waals surface area contributed by atoms with E-state index in [2.05, 4.69) is 15.3 Å². The standard InChI is InChI=1S/C15H16FN3O2/c1-15(2,10-3-5-11(16)6-4-10)9-19-13-8-17-12(7-18-13)14(20)21/h3-8H,9H2,1-2H3,(H,18,19)(H,20,21). The molecular formula is C15H16FN3O2. The van der Waals surface area contributed by atoms with Crippen LogP contribution in [0.5, 0.6) is 0 Å². The lowest BCUT2D eigenvalue weighted by molar-refractivity contribution is 0.0690. The van der Waals surface area contributed by atoms with Crippen molar-refractivity contribution in [1.82, 2.24) is 9.97 Å². The summed E-state index contributed by atoms with van der Waals surface area (Å²) in [6, 6.07) is 6.35. The number of nitrogens with zero attached hydrogens (tertiary/aromatic N) is 2. The van der Waals surface area contributed by atoms with E-state index in [1.54, 1.807) is 12.1 Å². The molecule has 0 saturated carbocycles. The number of hydrogen-bond acceptors (Lipinski definition) is 4. The minimum Gasteiger partial charge on any atom is -0.476 e. The number of carboxylic acids is 1. The van der Waals surface area contributed by atoms with Gasteiger partial charge in [0.1, 0.15) is 11.6 Å². The third-order valence-electron chi connectivity index (χ3n) is 3.21. The molecule has 0 saturated heterocycles. The van der Waals surface area contributed by atoms with Crippen molar-refractivity contribution in [1.29, 1.82) is 0 Å². The molecule has 0 aliphatic heterocycles. The third-order valence-corrected chi connectivity index (χ3v) is 3.21. The first-order valence-electron chi connectivity index (χ1n) is 6.44. The minimum absolute atomic E-state index is 0.0988. The maximum absolute atomic E-state index is 12.9. The SMILES string of the molecule is CC(C)(CNc1cnc(C(=O)O)cn1)c1ccc(F)cc1. The van der Waals surface area contributed by atoms with Crippen LogP contribution in [0.3, 0.4) is 0 Å². The fourth-order valence-corrected chi connectivity index (χ4v) is 1.84. The summed E-state index contributed by atoms with van der Waals surface area (Å²) in [5.74, 6) is -0.881. The van der Waals surface area contributed by atoms with Gasteiger partial charge in [0.05, 0.1) is 12.4 Å². The number of aromatic carboxylic acids is 1. The molecule has 2 rings (SSSR count). The van der Waals surface area contributed by atoms with E-state index in [9.17, 15) is 9.18 Å². The van der Waals surface area contributed by atoms with Gasteiger partial charge in [-0.2, -0.15) is 0 Å². The van der Waals surface area contributed by atoms with Crippen molar-refractivity contribution < 1.29 is 14.3 Å². The molecule has 0 aliphatic carbocycles. The lowest BCUT2D eigenvalue weighted by atomic mass is 9.84. The van der Waals surface area contributed by atoms with Crippen molar-refractivity contribution in [3.63, 3.8) is 0 Å². The summed E-state index contributed by atoms with van der Waals surface area (Å²) in [7, 11) is 0. The maximum atomic E-state index is 12.9. The van der Waals surface area contributed by atoms with Gasteiger partial charge in [-0.25, -0.2) is 19.2 Å². The summed E-state index contributed by atoms with van der Waals surface area (Å²) in [5, 5.41) is 11.9. The van der Waals surface area contributed by atoms with E-state index in [1.165, 1.54) is 24.5 Å². The van der Waals surface area contributed by atoms with Crippen molar-refractivity contribution >= 4 is 11.8 Å². The predicted molar refractivity (Wildman–Crippen MR) is 76.9 cm³/mol. The van der Waals surface area contributed by atoms with Crippen LogP contribution in [-0.2, 0) is 5.41 Å². The van der Waals surface area contributed by atoms with Crippen LogP contribution in [0, 0.1) is 5.82 Å². The molecule has 6 heteroatoms. The molecule has 21 heavy (non-hydrogen) atoms. The van der Waals surface area contributed by atoms with E-state index in [1.807, 2.05) is 13.8 Å². The molecule has 1 aromatic carbocycles. The first kappa shape index (κ1) is 14.9. The molecule has 0 atom stereocenters. The molecular weight excluding hydrogens is 273 g/mol. The quantitative estimate of drug-likeness (QED) is 0.885. The zero-order valence-electron chi connectivity index (χ0n) is 11.8. The van der Waals surface area contributed by atoms with Crippen LogP contribution in [0.2, 0.25) is 0 Å². The van der Waals surface area contributed by atoms with Gasteiger partial charge in [0.25, 0.3) is 0 Å². The van der Waals surface area contributed by atoms with E-state index in [0.717, 1.165) is 5.56 Å². The first-order chi connectivity index (χ1) is 9.88. The molecule has 0 amide bonds. The number of carboxylic acid groups (broad SMARTS) is 1. The number of hydrogen-bond donors (Lipinski definition) is 2. The van der Waals surface area contributed by atoms with E-state index in [4.69, 9.17) is 5.11 Å². The highest BCUT2D eigenvalue weighted by molar-refractivity contribution is 5.84. The second-order valence-electron chi connectivity index (χ2n) is 5.34. The van der Waals surface area contributed by atoms with E-state index in [0.29, 0.717) is 12.4 Å². The molecule has 0 unspecified atom stereocenters. The molecule has 1 aromatic heterocycles. The molecule has 1 heterocycles. The van der Waals surface area contributed by atoms with Crippen LogP contribution in [-0.4, -0.2) is 27.6 Å². The summed E-state index contributed by atoms with van der Waals surface area (Å²) >= 11 is 0. The van der Waals surface area contributed by atoms with Crippen LogP contribution < -0.4 is 5.32 Å². The van der Waals surface area contributed by atoms with Gasteiger partial charge in [-0.05, 0) is 17.7 Å². The number of nitrogens with one attached hydrogen (secondary N) is 1. The first-order valence-corrected chi connectivity index (χ1v) is 6.44. The highest BCUT2D eigenvalue weighted by Crippen LogP contribution is 2.23. The molecule has 2 aromatic rings. The molecule has 5 nitrogen and oxygen atoms in total. The van der Waals surface area contributed by atoms with Crippen molar-refractivity contribution in [3.8, 4) is 0 Å². The highest BCUT2D eigenvalue weighted by Gasteiger charge is 2.20. The Morgan fingerprint density at radius 1 is 1.24 bits per heavy atom. The van der Waals surface area contributed by atoms with Gasteiger partial charge >= 0.3 is 5.97 Å². The summed E-state index contributed by atoms with van der Waals surface area (Å²) in [4.78, 5) is 18.5. The van der Waals surface area contributed by atoms with Crippen molar-refractivity contribution in [2.24, 2.45) is 0 Å². The Kier molecular flexibility index (Phi) is 4.16. The van der Waals surface area contributed by atoms with Gasteiger partial charge in [0.15, 0.2) is 5.69 Å². The number of halogens is 1. The number of benzene rings is 1. The van der Waals surface area contributed by atoms with E-state index < -0.39 is 5.97 Å². The normalized spacial score (nSPS) is 11.2. The van der Waals surface area contributed by atoms with Crippen LogP contribution in [0.15, 0.2) is 36.7 Å². The smallest absolute Gasteiger partial charge is 0.356 e. The van der Waals surface area contributed by atoms with Crippen molar-refractivity contribution in [2.45, 2.75) is 19.3 Å². The van der Waals surface area contributed by atoms with Crippen LogP contribution >= 0.6 is 0 Å². The largest absolute Gasteiger partial charge is 0.476 e. The maximum Gasteiger partial charge on any atom is 0.356 e. The third kappa shape index (κ3) is 3.75. The fraction of sp³-hybridized carbons (Fsp3) is 0.267. The Morgan fingerprint density at radius 3 is 2.43 bits per heavy atom. The second kappa shape index (κ2) is 5.87. The fourth-order valence-electron chi connectivity index (χ4n) is 1.84. The van der Waals surface area contributed by atoms with Gasteiger partial charge in [-0.15, -0.1) is 0 Å². The molecule has 0 bridgehead atoms. The summed E-state index contributed by atoms with van der Waals surface area (Å²) in [6.07, 6.45) is 2.58. The van der Waals surface area contributed by atoms with Crippen molar-refractivity contribution in [3.05, 3.63) is 53.7 Å². The Bertz CT molecular complexity index is 624. The summed E-state index contributed by atoms with van der Waals surface area (Å²) in [5.41, 5.74) is 0.658. The van der Waals surface area contributed by atoms with Crippen LogP contribution in [0.25, 0.3) is 0 Å². The number of carbonyl (C=O) groups is 1. The topological polar surface area (TPSA) is 75.1 Å². The molecule has 0 aliphatic rings. The van der Waals surface area contributed by atoms with E-state index >= 15 is 0 Å². The van der Waals surface area contributed by atoms with Gasteiger partial charge in [0.2, 0.25) is 0 Å². The zero-order chi connectivity index (χ0) is 15.5. The van der Waals surface area contributed by atoms with Crippen LogP contribution in [0.4, 0.5) is 10.2 Å². The van der Waals surface area contributed by atoms with Gasteiger partial charge < -0.3 is 10.4 Å². The molecule has 0 spiro atoms. The predicted octanol–water partition coefficient (Wildman–Crippen LogP) is 2.70. The second-order valence-corrected chi connectivity index (χ2v) is 5.34. The minimum atomic E-state index is -1.11. The van der Waals surface area contributed by atoms with Gasteiger partial charge in [-0.3, -0.25) is 0 Å². The lowest BCUT2D eigenvalue weighted by Gasteiger charge is -2.25. The van der Waals surface area contributed by atoms with Gasteiger partial charge in [0, 0.05) is 12.0 Å². The number of anilines is 1. The van der Waals surface area contributed by atoms with Crippen LogP contribution in [0.1, 0.15) is 29.9 Å². The molecule has 0 fully saturated rings. The average Bonchev–Trinajstić information content (AvgIpc) is 2.46. The number of aromatic nitrogens is 2. The Balaban J connectivity index is 2.04. The van der Waals surface area contributed by atoms with E-state index in [-0.39, 0.29) is 16.9 Å². The highest BCUT2D eigenvalue weighted by atomic mass is 19.1. The van der Waals surface area contributed by atoms with Gasteiger partial charge in [-0.1, -0.05) is 26.0 Å². The Morgan fingerprint density at radius 2 is 1.90 bits per heavy atom. The summed E-state index contributed by atoms with van der Waals surface area (Å²) < 4.78 is 12.9. The molecule has 0 radical (unpaired) electrons. The average molecular weight is 289 g/mol. The zero-order valence-corrected chi connectivity index (χ0v) is 11.8. The van der Waals surface area contributed by atoms with Crippen molar-refractivity contribution in [2.75, 3.05) is 11.9 Å². The number of rotatable bonds is 5. The molecule has 110 valence electrons. The lowest BCUT2D eigenvalue weighted by Crippen LogP contribution is -2.28. The monoisotopic (exact) mass is 289 g/mol. The Labute approximate surface area is 121 Å². The molecule has 2 N–H and O–H groups in total. The Hall–Kier alpha value is -2.50. The summed E-state index contributed by atoms with van der Waals surface area (Å²) in [6.45, 7) is 4.60.